The normalized spacial score (nSPS) is 16.3. The van der Waals surface area contributed by atoms with Gasteiger partial charge in [0, 0.05) is 13.6 Å². The molecule has 7 heteroatoms. The van der Waals surface area contributed by atoms with E-state index < -0.39 is 11.5 Å². The molecule has 0 bridgehead atoms. The topological polar surface area (TPSA) is 67.3 Å². The molecule has 190 valence electrons. The molecule has 1 aliphatic heterocycles. The number of nitrogens with one attached hydrogen (secondary N) is 1. The molecule has 37 heavy (non-hydrogen) atoms. The lowest BCUT2D eigenvalue weighted by Crippen LogP contribution is -2.48. The Bertz CT molecular complexity index is 1390. The molecule has 6 nitrogen and oxygen atoms in total. The second-order valence-electron chi connectivity index (χ2n) is 9.61. The van der Waals surface area contributed by atoms with E-state index in [0.717, 1.165) is 30.8 Å². The molecule has 1 atom stereocenters. The van der Waals surface area contributed by atoms with Crippen molar-refractivity contribution in [2.45, 2.75) is 30.9 Å². The summed E-state index contributed by atoms with van der Waals surface area (Å²) in [6, 6.07) is 29.9. The van der Waals surface area contributed by atoms with E-state index in [1.54, 1.807) is 11.7 Å². The van der Waals surface area contributed by atoms with E-state index in [9.17, 15) is 9.59 Å². The molecule has 0 saturated carbocycles. The second-order valence-corrected chi connectivity index (χ2v) is 10.4. The van der Waals surface area contributed by atoms with E-state index >= 15 is 0 Å². The quantitative estimate of drug-likeness (QED) is 0.310. The van der Waals surface area contributed by atoms with Crippen molar-refractivity contribution in [1.82, 2.24) is 14.7 Å². The van der Waals surface area contributed by atoms with Gasteiger partial charge in [0.15, 0.2) is 6.10 Å². The van der Waals surface area contributed by atoms with Gasteiger partial charge in [-0.1, -0.05) is 91.0 Å². The van der Waals surface area contributed by atoms with Gasteiger partial charge in [-0.2, -0.15) is 0 Å². The summed E-state index contributed by atoms with van der Waals surface area (Å²) in [5.41, 5.74) is 2.57. The van der Waals surface area contributed by atoms with Crippen LogP contribution in [0.4, 0.5) is 0 Å². The number of nitrogens with zero attached hydrogens (tertiary/aromatic N) is 2. The molecular weight excluding hydrogens is 530 g/mol. The van der Waals surface area contributed by atoms with Crippen molar-refractivity contribution in [1.29, 1.82) is 0 Å². The third-order valence-corrected chi connectivity index (χ3v) is 8.07. The standard InChI is InChI=1S/C30H30BrN3O3/c1-33-26(25(31)28(35)32-33)27(23-13-7-3-8-14-23)37-29(36)30(24-15-9-4-10-16-24)17-19-34(20-18-30)21-22-11-5-2-6-12-22/h2-16,27H,17-21H2,1H3,(H,32,35). The van der Waals surface area contributed by atoms with Crippen LogP contribution in [0.2, 0.25) is 0 Å². The predicted molar refractivity (Wildman–Crippen MR) is 147 cm³/mol. The van der Waals surface area contributed by atoms with Gasteiger partial charge in [-0.05, 0) is 58.6 Å². The van der Waals surface area contributed by atoms with Gasteiger partial charge in [-0.3, -0.25) is 24.3 Å². The Morgan fingerprint density at radius 2 is 1.51 bits per heavy atom. The number of rotatable bonds is 7. The molecule has 1 fully saturated rings. The van der Waals surface area contributed by atoms with E-state index in [2.05, 4.69) is 50.2 Å². The van der Waals surface area contributed by atoms with Gasteiger partial charge < -0.3 is 4.74 Å². The average Bonchev–Trinajstić information content (AvgIpc) is 3.19. The molecule has 2 heterocycles. The first-order valence-corrected chi connectivity index (χ1v) is 13.3. The summed E-state index contributed by atoms with van der Waals surface area (Å²) >= 11 is 3.42. The molecule has 0 radical (unpaired) electrons. The third-order valence-electron chi connectivity index (χ3n) is 7.31. The van der Waals surface area contributed by atoms with Crippen LogP contribution in [-0.4, -0.2) is 33.7 Å². The van der Waals surface area contributed by atoms with Crippen molar-refractivity contribution >= 4 is 21.9 Å². The van der Waals surface area contributed by atoms with Crippen LogP contribution in [0.15, 0.2) is 100 Å². The molecule has 4 aromatic rings. The Kier molecular flexibility index (Phi) is 7.44. The second kappa shape index (κ2) is 10.9. The van der Waals surface area contributed by atoms with Gasteiger partial charge >= 0.3 is 5.97 Å². The fourth-order valence-electron chi connectivity index (χ4n) is 5.25. The van der Waals surface area contributed by atoms with Crippen LogP contribution in [0, 0.1) is 0 Å². The number of halogens is 1. The number of aromatic nitrogens is 2. The Labute approximate surface area is 225 Å². The Balaban J connectivity index is 1.46. The minimum Gasteiger partial charge on any atom is -0.450 e. The number of likely N-dealkylation sites (tertiary alicyclic amines) is 1. The summed E-state index contributed by atoms with van der Waals surface area (Å²) in [6.45, 7) is 2.41. The van der Waals surface area contributed by atoms with Crippen LogP contribution in [0.1, 0.15) is 41.3 Å². The summed E-state index contributed by atoms with van der Waals surface area (Å²) < 4.78 is 8.37. The molecule has 1 aliphatic rings. The van der Waals surface area contributed by atoms with Gasteiger partial charge in [0.2, 0.25) is 0 Å². The highest BCUT2D eigenvalue weighted by Crippen LogP contribution is 2.40. The molecule has 1 aromatic heterocycles. The molecule has 1 N–H and O–H groups in total. The largest absolute Gasteiger partial charge is 0.450 e. The van der Waals surface area contributed by atoms with E-state index in [1.807, 2.05) is 66.7 Å². The lowest BCUT2D eigenvalue weighted by molar-refractivity contribution is -0.157. The first kappa shape index (κ1) is 25.2. The zero-order valence-corrected chi connectivity index (χ0v) is 22.4. The van der Waals surface area contributed by atoms with Crippen LogP contribution < -0.4 is 5.56 Å². The number of H-pyrrole nitrogens is 1. The predicted octanol–water partition coefficient (Wildman–Crippen LogP) is 5.34. The van der Waals surface area contributed by atoms with Crippen molar-refractivity contribution in [3.8, 4) is 0 Å². The summed E-state index contributed by atoms with van der Waals surface area (Å²) in [5, 5.41) is 2.77. The highest BCUT2D eigenvalue weighted by Gasteiger charge is 2.45. The number of hydrogen-bond donors (Lipinski definition) is 1. The molecule has 5 rings (SSSR count). The van der Waals surface area contributed by atoms with Crippen molar-refractivity contribution in [3.63, 3.8) is 0 Å². The molecule has 3 aromatic carbocycles. The number of hydrogen-bond acceptors (Lipinski definition) is 4. The first-order valence-electron chi connectivity index (χ1n) is 12.5. The Hall–Kier alpha value is -3.42. The molecule has 1 saturated heterocycles. The van der Waals surface area contributed by atoms with E-state index in [0.29, 0.717) is 23.0 Å². The SMILES string of the molecule is Cn1[nH]c(=O)c(Br)c1C(OC(=O)C1(c2ccccc2)CCN(Cc2ccccc2)CC1)c1ccccc1. The number of carbonyl (C=O) groups is 1. The molecule has 0 aliphatic carbocycles. The molecule has 0 amide bonds. The van der Waals surface area contributed by atoms with Crippen molar-refractivity contribution in [3.05, 3.63) is 128 Å². The lowest BCUT2D eigenvalue weighted by atomic mass is 9.72. The number of esters is 1. The molecule has 1 unspecified atom stereocenters. The zero-order valence-electron chi connectivity index (χ0n) is 20.8. The van der Waals surface area contributed by atoms with Crippen LogP contribution in [0.3, 0.4) is 0 Å². The van der Waals surface area contributed by atoms with E-state index in [4.69, 9.17) is 4.74 Å². The highest BCUT2D eigenvalue weighted by atomic mass is 79.9. The monoisotopic (exact) mass is 559 g/mol. The number of carbonyl (C=O) groups excluding carboxylic acids is 1. The van der Waals surface area contributed by atoms with Gasteiger partial charge in [-0.25, -0.2) is 0 Å². The third kappa shape index (κ3) is 5.20. The zero-order chi connectivity index (χ0) is 25.8. The fourth-order valence-corrected chi connectivity index (χ4v) is 5.81. The van der Waals surface area contributed by atoms with E-state index in [-0.39, 0.29) is 11.5 Å². The molecule has 0 spiro atoms. The number of piperidine rings is 1. The van der Waals surface area contributed by atoms with Crippen LogP contribution >= 0.6 is 15.9 Å². The number of ether oxygens (including phenoxy) is 1. The highest BCUT2D eigenvalue weighted by molar-refractivity contribution is 9.10. The number of aromatic amines is 1. The van der Waals surface area contributed by atoms with Gasteiger partial charge in [0.1, 0.15) is 4.47 Å². The smallest absolute Gasteiger partial charge is 0.317 e. The maximum absolute atomic E-state index is 14.2. The maximum atomic E-state index is 14.2. The molecular formula is C30H30BrN3O3. The fraction of sp³-hybridized carbons (Fsp3) is 0.267. The summed E-state index contributed by atoms with van der Waals surface area (Å²) in [5.74, 6) is -0.271. The number of aryl methyl sites for hydroxylation is 1. The Morgan fingerprint density at radius 1 is 0.946 bits per heavy atom. The minimum atomic E-state index is -0.775. The van der Waals surface area contributed by atoms with Crippen molar-refractivity contribution in [2.24, 2.45) is 7.05 Å². The summed E-state index contributed by atoms with van der Waals surface area (Å²) in [6.07, 6.45) is 0.560. The van der Waals surface area contributed by atoms with Crippen LogP contribution in [-0.2, 0) is 28.5 Å². The van der Waals surface area contributed by atoms with E-state index in [1.165, 1.54) is 5.56 Å². The van der Waals surface area contributed by atoms with Crippen LogP contribution in [0.5, 0.6) is 0 Å². The van der Waals surface area contributed by atoms with Gasteiger partial charge in [0.25, 0.3) is 5.56 Å². The van der Waals surface area contributed by atoms with Gasteiger partial charge in [0.05, 0.1) is 11.1 Å². The number of benzene rings is 3. The summed E-state index contributed by atoms with van der Waals surface area (Å²) in [4.78, 5) is 29.0. The van der Waals surface area contributed by atoms with Crippen LogP contribution in [0.25, 0.3) is 0 Å². The lowest BCUT2D eigenvalue weighted by Gasteiger charge is -2.41. The first-order chi connectivity index (χ1) is 18.0. The van der Waals surface area contributed by atoms with Gasteiger partial charge in [-0.15, -0.1) is 0 Å². The maximum Gasteiger partial charge on any atom is 0.317 e. The van der Waals surface area contributed by atoms with Crippen molar-refractivity contribution in [2.75, 3.05) is 13.1 Å². The average molecular weight is 560 g/mol. The van der Waals surface area contributed by atoms with Crippen molar-refractivity contribution < 1.29 is 9.53 Å². The minimum absolute atomic E-state index is 0.263. The Morgan fingerprint density at radius 3 is 2.08 bits per heavy atom. The summed E-state index contributed by atoms with van der Waals surface area (Å²) in [7, 11) is 1.75.